The number of fused-ring (bicyclic) bond motifs is 1. The van der Waals surface area contributed by atoms with Crippen molar-refractivity contribution >= 4 is 34.6 Å². The van der Waals surface area contributed by atoms with E-state index < -0.39 is 11.1 Å². The molecule has 11 nitrogen and oxygen atoms in total. The highest BCUT2D eigenvalue weighted by Crippen LogP contribution is 2.26. The highest BCUT2D eigenvalue weighted by Gasteiger charge is 2.26. The van der Waals surface area contributed by atoms with Crippen LogP contribution in [-0.2, 0) is 7.05 Å². The molecule has 0 radical (unpaired) electrons. The van der Waals surface area contributed by atoms with Gasteiger partial charge in [-0.15, -0.1) is 0 Å². The molecule has 3 aromatic heterocycles. The Morgan fingerprint density at radius 1 is 1.12 bits per heavy atom. The highest BCUT2D eigenvalue weighted by molar-refractivity contribution is 6.31. The summed E-state index contributed by atoms with van der Waals surface area (Å²) >= 11 is 6.06. The quantitative estimate of drug-likeness (QED) is 0.505. The highest BCUT2D eigenvalue weighted by atomic mass is 35.5. The average Bonchev–Trinajstić information content (AvgIpc) is 2.83. The molecule has 0 unspecified atom stereocenters. The van der Waals surface area contributed by atoms with Gasteiger partial charge in [-0.05, 0) is 33.0 Å². The van der Waals surface area contributed by atoms with E-state index in [9.17, 15) is 14.4 Å². The molecule has 12 heteroatoms. The molecule has 4 heterocycles. The van der Waals surface area contributed by atoms with Crippen LogP contribution in [0.15, 0.2) is 34.2 Å². The van der Waals surface area contributed by atoms with Crippen LogP contribution in [0.1, 0.15) is 29.2 Å². The van der Waals surface area contributed by atoms with Gasteiger partial charge in [-0.1, -0.05) is 11.6 Å². The number of halogens is 1. The fourth-order valence-electron chi connectivity index (χ4n) is 4.07. The monoisotopic (exact) mass is 486 g/mol. The first-order valence-corrected chi connectivity index (χ1v) is 11.4. The van der Waals surface area contributed by atoms with Crippen molar-refractivity contribution in [2.75, 3.05) is 45.2 Å². The standard InChI is InChI=1S/C22H27ClN8O3/c1-28(2)9-6-24-19(32)14-11-26-22(27-12-14)30-7-4-16(5-8-30)31-18-17(10-15(23)13-25-18)29(3)20(33)21(31)34/h10-13,16H,4-9H2,1-3H3,(H,24,32). The van der Waals surface area contributed by atoms with Gasteiger partial charge < -0.3 is 19.7 Å². The molecule has 1 amide bonds. The third-order valence-electron chi connectivity index (χ3n) is 5.97. The van der Waals surface area contributed by atoms with Crippen molar-refractivity contribution in [2.24, 2.45) is 7.05 Å². The molecular weight excluding hydrogens is 460 g/mol. The SMILES string of the molecule is CN(C)CCNC(=O)c1cnc(N2CCC(n3c(=O)c(=O)n(C)c4cc(Cl)cnc43)CC2)nc1. The molecule has 34 heavy (non-hydrogen) atoms. The number of nitrogens with one attached hydrogen (secondary N) is 1. The minimum absolute atomic E-state index is 0.185. The Morgan fingerprint density at radius 3 is 2.44 bits per heavy atom. The van der Waals surface area contributed by atoms with Gasteiger partial charge in [0.15, 0.2) is 5.65 Å². The molecule has 180 valence electrons. The van der Waals surface area contributed by atoms with E-state index in [2.05, 4.69) is 20.3 Å². The minimum Gasteiger partial charge on any atom is -0.351 e. The van der Waals surface area contributed by atoms with Gasteiger partial charge in [-0.25, -0.2) is 15.0 Å². The summed E-state index contributed by atoms with van der Waals surface area (Å²) in [5, 5.41) is 3.23. The Kier molecular flexibility index (Phi) is 6.94. The Balaban J connectivity index is 1.47. The molecular formula is C22H27ClN8O3. The molecule has 0 bridgehead atoms. The number of aryl methyl sites for hydroxylation is 1. The maximum Gasteiger partial charge on any atom is 0.318 e. The van der Waals surface area contributed by atoms with Crippen molar-refractivity contribution in [2.45, 2.75) is 18.9 Å². The Morgan fingerprint density at radius 2 is 1.79 bits per heavy atom. The number of piperidine rings is 1. The van der Waals surface area contributed by atoms with Crippen LogP contribution >= 0.6 is 11.6 Å². The zero-order valence-corrected chi connectivity index (χ0v) is 20.1. The molecule has 0 atom stereocenters. The number of carbonyl (C=O) groups is 1. The molecule has 0 aromatic carbocycles. The summed E-state index contributed by atoms with van der Waals surface area (Å²) in [6.45, 7) is 2.47. The second kappa shape index (κ2) is 9.90. The number of rotatable bonds is 6. The van der Waals surface area contributed by atoms with Crippen LogP contribution < -0.4 is 21.3 Å². The van der Waals surface area contributed by atoms with E-state index in [-0.39, 0.29) is 11.9 Å². The average molecular weight is 487 g/mol. The summed E-state index contributed by atoms with van der Waals surface area (Å²) in [5.74, 6) is 0.311. The van der Waals surface area contributed by atoms with Gasteiger partial charge in [-0.3, -0.25) is 19.0 Å². The second-order valence-electron chi connectivity index (χ2n) is 8.58. The van der Waals surface area contributed by atoms with E-state index in [1.807, 2.05) is 23.9 Å². The molecule has 1 saturated heterocycles. The summed E-state index contributed by atoms with van der Waals surface area (Å²) in [5.41, 5.74) is 0.157. The fourth-order valence-corrected chi connectivity index (χ4v) is 4.22. The van der Waals surface area contributed by atoms with Crippen molar-refractivity contribution in [3.63, 3.8) is 0 Å². The van der Waals surface area contributed by atoms with Crippen molar-refractivity contribution < 1.29 is 4.79 Å². The lowest BCUT2D eigenvalue weighted by atomic mass is 10.0. The zero-order valence-electron chi connectivity index (χ0n) is 19.4. The van der Waals surface area contributed by atoms with Crippen LogP contribution in [0, 0.1) is 0 Å². The number of likely N-dealkylation sites (N-methyl/N-ethyl adjacent to an activating group) is 1. The number of anilines is 1. The zero-order chi connectivity index (χ0) is 24.4. The van der Waals surface area contributed by atoms with E-state index in [0.29, 0.717) is 60.2 Å². The van der Waals surface area contributed by atoms with Crippen LogP contribution in [0.25, 0.3) is 11.2 Å². The number of hydrogen-bond acceptors (Lipinski definition) is 8. The summed E-state index contributed by atoms with van der Waals surface area (Å²) < 4.78 is 2.78. The van der Waals surface area contributed by atoms with Gasteiger partial charge in [0.25, 0.3) is 5.91 Å². The number of nitrogens with zero attached hydrogens (tertiary/aromatic N) is 7. The number of amides is 1. The van der Waals surface area contributed by atoms with Crippen molar-refractivity contribution in [1.29, 1.82) is 0 Å². The number of pyridine rings is 1. The summed E-state index contributed by atoms with van der Waals surface area (Å²) in [4.78, 5) is 54.6. The lowest BCUT2D eigenvalue weighted by molar-refractivity contribution is 0.0950. The third kappa shape index (κ3) is 4.80. The van der Waals surface area contributed by atoms with Gasteiger partial charge in [0.05, 0.1) is 16.1 Å². The Bertz CT molecular complexity index is 1310. The van der Waals surface area contributed by atoms with Crippen LogP contribution in [0.2, 0.25) is 5.02 Å². The predicted octanol–water partition coefficient (Wildman–Crippen LogP) is 0.672. The van der Waals surface area contributed by atoms with Gasteiger partial charge >= 0.3 is 11.1 Å². The maximum atomic E-state index is 12.8. The normalized spacial score (nSPS) is 14.7. The molecule has 3 aromatic rings. The van der Waals surface area contributed by atoms with Gasteiger partial charge in [-0.2, -0.15) is 0 Å². The first-order valence-electron chi connectivity index (χ1n) is 11.0. The molecule has 1 aliphatic rings. The summed E-state index contributed by atoms with van der Waals surface area (Å²) in [7, 11) is 5.42. The van der Waals surface area contributed by atoms with E-state index in [1.54, 1.807) is 13.1 Å². The minimum atomic E-state index is -0.609. The fraction of sp³-hybridized carbons (Fsp3) is 0.455. The van der Waals surface area contributed by atoms with Crippen molar-refractivity contribution in [3.05, 3.63) is 56.0 Å². The topological polar surface area (TPSA) is 118 Å². The number of carbonyl (C=O) groups excluding carboxylic acids is 1. The van der Waals surface area contributed by atoms with Crippen LogP contribution in [0.3, 0.4) is 0 Å². The van der Waals surface area contributed by atoms with Crippen LogP contribution in [-0.4, -0.2) is 75.2 Å². The second-order valence-corrected chi connectivity index (χ2v) is 9.02. The molecule has 0 spiro atoms. The smallest absolute Gasteiger partial charge is 0.318 e. The summed E-state index contributed by atoms with van der Waals surface area (Å²) in [6.07, 6.45) is 5.74. The maximum absolute atomic E-state index is 12.8. The number of hydrogen-bond donors (Lipinski definition) is 1. The van der Waals surface area contributed by atoms with E-state index in [4.69, 9.17) is 11.6 Å². The lowest BCUT2D eigenvalue weighted by Crippen LogP contribution is -2.45. The van der Waals surface area contributed by atoms with Crippen LogP contribution in [0.4, 0.5) is 5.95 Å². The largest absolute Gasteiger partial charge is 0.351 e. The van der Waals surface area contributed by atoms with E-state index in [1.165, 1.54) is 27.7 Å². The van der Waals surface area contributed by atoms with E-state index in [0.717, 1.165) is 6.54 Å². The molecule has 1 fully saturated rings. The molecule has 4 rings (SSSR count). The van der Waals surface area contributed by atoms with Gasteiger partial charge in [0.2, 0.25) is 5.95 Å². The molecule has 0 aliphatic carbocycles. The van der Waals surface area contributed by atoms with Crippen molar-refractivity contribution in [1.82, 2.24) is 34.3 Å². The third-order valence-corrected chi connectivity index (χ3v) is 6.17. The van der Waals surface area contributed by atoms with Gasteiger partial charge in [0, 0.05) is 57.9 Å². The lowest BCUT2D eigenvalue weighted by Gasteiger charge is -2.33. The van der Waals surface area contributed by atoms with E-state index >= 15 is 0 Å². The Labute approximate surface area is 201 Å². The number of aromatic nitrogens is 5. The van der Waals surface area contributed by atoms with Crippen LogP contribution in [0.5, 0.6) is 0 Å². The summed E-state index contributed by atoms with van der Waals surface area (Å²) in [6, 6.07) is 1.46. The van der Waals surface area contributed by atoms with Crippen molar-refractivity contribution in [3.8, 4) is 0 Å². The molecule has 0 saturated carbocycles. The predicted molar refractivity (Wildman–Crippen MR) is 130 cm³/mol. The first kappa shape index (κ1) is 23.8. The Hall–Kier alpha value is -3.31. The first-order chi connectivity index (χ1) is 16.3. The van der Waals surface area contributed by atoms with Gasteiger partial charge in [0.1, 0.15) is 0 Å². The molecule has 1 N–H and O–H groups in total. The molecule has 1 aliphatic heterocycles.